The van der Waals surface area contributed by atoms with E-state index in [9.17, 15) is 9.59 Å². The first-order valence-electron chi connectivity index (χ1n) is 6.42. The van der Waals surface area contributed by atoms with Crippen molar-refractivity contribution in [3.8, 4) is 0 Å². The fourth-order valence-corrected chi connectivity index (χ4v) is 2.07. The molecule has 0 aliphatic rings. The molecule has 1 rings (SSSR count). The molecule has 0 fully saturated rings. The van der Waals surface area contributed by atoms with Crippen molar-refractivity contribution < 1.29 is 9.59 Å². The molecule has 0 aliphatic heterocycles. The quantitative estimate of drug-likeness (QED) is 0.842. The Hall–Kier alpha value is -1.43. The van der Waals surface area contributed by atoms with E-state index in [1.54, 1.807) is 5.38 Å². The Morgan fingerprint density at radius 1 is 1.26 bits per heavy atom. The Morgan fingerprint density at radius 3 is 2.53 bits per heavy atom. The fraction of sp³-hybridized carbons (Fsp3) is 0.615. The van der Waals surface area contributed by atoms with E-state index in [0.29, 0.717) is 35.6 Å². The van der Waals surface area contributed by atoms with Gasteiger partial charge in [0.15, 0.2) is 5.13 Å². The smallest absolute Gasteiger partial charge is 0.270 e. The minimum atomic E-state index is -0.200. The Balaban J connectivity index is 2.52. The molecule has 0 saturated carbocycles. The van der Waals surface area contributed by atoms with Gasteiger partial charge in [-0.1, -0.05) is 27.7 Å². The normalized spacial score (nSPS) is 10.8. The summed E-state index contributed by atoms with van der Waals surface area (Å²) in [5.74, 6) is 0.425. The molecule has 2 N–H and O–H groups in total. The molecule has 0 unspecified atom stereocenters. The van der Waals surface area contributed by atoms with Gasteiger partial charge >= 0.3 is 0 Å². The molecule has 0 saturated heterocycles. The van der Waals surface area contributed by atoms with Crippen LogP contribution in [0, 0.1) is 11.8 Å². The van der Waals surface area contributed by atoms with E-state index in [0.717, 1.165) is 0 Å². The number of nitrogens with one attached hydrogen (secondary N) is 2. The maximum absolute atomic E-state index is 11.7. The van der Waals surface area contributed by atoms with Crippen molar-refractivity contribution in [3.63, 3.8) is 0 Å². The number of hydrogen-bond acceptors (Lipinski definition) is 4. The van der Waals surface area contributed by atoms with Crippen LogP contribution in [-0.4, -0.2) is 23.3 Å². The zero-order valence-corrected chi connectivity index (χ0v) is 12.6. The lowest BCUT2D eigenvalue weighted by atomic mass is 10.1. The second kappa shape index (κ2) is 7.23. The van der Waals surface area contributed by atoms with Crippen LogP contribution in [0.5, 0.6) is 0 Å². The molecular formula is C13H21N3O2S. The number of amides is 2. The summed E-state index contributed by atoms with van der Waals surface area (Å²) in [6.07, 6.45) is 0.453. The average Bonchev–Trinajstić information content (AvgIpc) is 2.73. The van der Waals surface area contributed by atoms with Crippen LogP contribution in [0.25, 0.3) is 0 Å². The first-order chi connectivity index (χ1) is 8.88. The number of thiazole rings is 1. The van der Waals surface area contributed by atoms with E-state index >= 15 is 0 Å². The lowest BCUT2D eigenvalue weighted by molar-refractivity contribution is -0.116. The van der Waals surface area contributed by atoms with E-state index in [-0.39, 0.29) is 11.8 Å². The van der Waals surface area contributed by atoms with E-state index in [2.05, 4.69) is 15.6 Å². The summed E-state index contributed by atoms with van der Waals surface area (Å²) < 4.78 is 0. The monoisotopic (exact) mass is 283 g/mol. The van der Waals surface area contributed by atoms with Crippen LogP contribution in [0.15, 0.2) is 5.38 Å². The largest absolute Gasteiger partial charge is 0.350 e. The van der Waals surface area contributed by atoms with Gasteiger partial charge in [-0.05, 0) is 11.8 Å². The van der Waals surface area contributed by atoms with Crippen LogP contribution in [-0.2, 0) is 4.79 Å². The maximum Gasteiger partial charge on any atom is 0.270 e. The van der Waals surface area contributed by atoms with Gasteiger partial charge in [-0.2, -0.15) is 0 Å². The van der Waals surface area contributed by atoms with Gasteiger partial charge in [0.25, 0.3) is 5.91 Å². The molecule has 0 aliphatic carbocycles. The van der Waals surface area contributed by atoms with Crippen molar-refractivity contribution in [1.29, 1.82) is 0 Å². The molecule has 1 aromatic rings. The van der Waals surface area contributed by atoms with Crippen LogP contribution in [0.4, 0.5) is 5.13 Å². The van der Waals surface area contributed by atoms with E-state index in [1.165, 1.54) is 11.3 Å². The molecule has 6 heteroatoms. The van der Waals surface area contributed by atoms with Gasteiger partial charge in [-0.15, -0.1) is 11.3 Å². The lowest BCUT2D eigenvalue weighted by Gasteiger charge is -2.05. The first kappa shape index (κ1) is 15.6. The lowest BCUT2D eigenvalue weighted by Crippen LogP contribution is -2.27. The molecule has 5 nitrogen and oxygen atoms in total. The van der Waals surface area contributed by atoms with Gasteiger partial charge in [-0.3, -0.25) is 9.59 Å². The molecule has 0 aromatic carbocycles. The molecule has 1 aromatic heterocycles. The number of carbonyl (C=O) groups is 2. The van der Waals surface area contributed by atoms with E-state index < -0.39 is 0 Å². The molecule has 0 bridgehead atoms. The second-order valence-corrected chi connectivity index (χ2v) is 6.15. The highest BCUT2D eigenvalue weighted by Gasteiger charge is 2.13. The Labute approximate surface area is 117 Å². The molecule has 2 amide bonds. The first-order valence-corrected chi connectivity index (χ1v) is 7.30. The predicted octanol–water partition coefficient (Wildman–Crippen LogP) is 2.51. The van der Waals surface area contributed by atoms with Gasteiger partial charge in [0.05, 0.1) is 0 Å². The number of anilines is 1. The van der Waals surface area contributed by atoms with Crippen molar-refractivity contribution in [1.82, 2.24) is 10.3 Å². The van der Waals surface area contributed by atoms with Crippen molar-refractivity contribution in [2.75, 3.05) is 11.9 Å². The highest BCUT2D eigenvalue weighted by molar-refractivity contribution is 7.14. The van der Waals surface area contributed by atoms with Crippen molar-refractivity contribution in [2.45, 2.75) is 34.1 Å². The number of carbonyl (C=O) groups excluding carboxylic acids is 2. The van der Waals surface area contributed by atoms with Crippen molar-refractivity contribution >= 4 is 28.3 Å². The Bertz CT molecular complexity index is 441. The Morgan fingerprint density at radius 2 is 1.95 bits per heavy atom. The summed E-state index contributed by atoms with van der Waals surface area (Å²) in [5, 5.41) is 7.62. The zero-order chi connectivity index (χ0) is 14.4. The highest BCUT2D eigenvalue weighted by atomic mass is 32.1. The number of rotatable bonds is 6. The van der Waals surface area contributed by atoms with E-state index in [1.807, 2.05) is 27.7 Å². The van der Waals surface area contributed by atoms with Crippen molar-refractivity contribution in [2.24, 2.45) is 11.8 Å². The molecule has 106 valence electrons. The molecule has 0 radical (unpaired) electrons. The van der Waals surface area contributed by atoms with E-state index in [4.69, 9.17) is 0 Å². The second-order valence-electron chi connectivity index (χ2n) is 5.29. The molecule has 1 heterocycles. The SMILES string of the molecule is CC(C)CNC(=O)c1csc(NC(=O)CC(C)C)n1. The van der Waals surface area contributed by atoms with Gasteiger partial charge in [-0.25, -0.2) is 4.98 Å². The van der Waals surface area contributed by atoms with Crippen LogP contribution in [0.3, 0.4) is 0 Å². The predicted molar refractivity (Wildman–Crippen MR) is 77.4 cm³/mol. The molecular weight excluding hydrogens is 262 g/mol. The van der Waals surface area contributed by atoms with Gasteiger partial charge in [0.1, 0.15) is 5.69 Å². The molecule has 19 heavy (non-hydrogen) atoms. The standard InChI is InChI=1S/C13H21N3O2S/c1-8(2)5-11(17)16-13-15-10(7-19-13)12(18)14-6-9(3)4/h7-9H,5-6H2,1-4H3,(H,14,18)(H,15,16,17). The minimum Gasteiger partial charge on any atom is -0.350 e. The number of hydrogen-bond donors (Lipinski definition) is 2. The highest BCUT2D eigenvalue weighted by Crippen LogP contribution is 2.16. The van der Waals surface area contributed by atoms with Gasteiger partial charge in [0, 0.05) is 18.3 Å². The summed E-state index contributed by atoms with van der Waals surface area (Å²) in [6.45, 7) is 8.63. The average molecular weight is 283 g/mol. The number of nitrogens with zero attached hydrogens (tertiary/aromatic N) is 1. The van der Waals surface area contributed by atoms with Crippen molar-refractivity contribution in [3.05, 3.63) is 11.1 Å². The van der Waals surface area contributed by atoms with Crippen LogP contribution < -0.4 is 10.6 Å². The topological polar surface area (TPSA) is 71.1 Å². The summed E-state index contributed by atoms with van der Waals surface area (Å²) in [5.41, 5.74) is 0.352. The zero-order valence-electron chi connectivity index (χ0n) is 11.8. The summed E-state index contributed by atoms with van der Waals surface area (Å²) in [6, 6.07) is 0. The minimum absolute atomic E-state index is 0.0708. The van der Waals surface area contributed by atoms with Gasteiger partial charge < -0.3 is 10.6 Å². The van der Waals surface area contributed by atoms with Crippen LogP contribution >= 0.6 is 11.3 Å². The third kappa shape index (κ3) is 5.83. The third-order valence-electron chi connectivity index (χ3n) is 2.25. The maximum atomic E-state index is 11.7. The fourth-order valence-electron chi connectivity index (χ4n) is 1.36. The molecule has 0 spiro atoms. The van der Waals surface area contributed by atoms with Crippen LogP contribution in [0.1, 0.15) is 44.6 Å². The summed E-state index contributed by atoms with van der Waals surface area (Å²) in [4.78, 5) is 27.4. The van der Waals surface area contributed by atoms with Gasteiger partial charge in [0.2, 0.25) is 5.91 Å². The third-order valence-corrected chi connectivity index (χ3v) is 3.01. The summed E-state index contributed by atoms with van der Waals surface area (Å²) in [7, 11) is 0. The molecule has 0 atom stereocenters. The number of aromatic nitrogens is 1. The Kier molecular flexibility index (Phi) is 5.95. The summed E-state index contributed by atoms with van der Waals surface area (Å²) >= 11 is 1.26. The van der Waals surface area contributed by atoms with Crippen LogP contribution in [0.2, 0.25) is 0 Å².